The number of nitrogens with one attached hydrogen (secondary N) is 1. The largest absolute Gasteiger partial charge is 0.394 e. The van der Waals surface area contributed by atoms with Crippen molar-refractivity contribution in [1.29, 1.82) is 0 Å². The Hall–Kier alpha value is -0.770. The van der Waals surface area contributed by atoms with Crippen molar-refractivity contribution in [3.8, 4) is 0 Å². The summed E-state index contributed by atoms with van der Waals surface area (Å²) >= 11 is 5.97. The maximum atomic E-state index is 8.85. The Labute approximate surface area is 88.9 Å². The van der Waals surface area contributed by atoms with Gasteiger partial charge in [0.15, 0.2) is 0 Å². The molecule has 0 heterocycles. The van der Waals surface area contributed by atoms with Crippen LogP contribution in [0.15, 0.2) is 18.2 Å². The van der Waals surface area contributed by atoms with Crippen molar-refractivity contribution in [2.75, 3.05) is 11.9 Å². The Morgan fingerprint density at radius 3 is 2.79 bits per heavy atom. The van der Waals surface area contributed by atoms with Crippen LogP contribution in [0.3, 0.4) is 0 Å². The molecule has 0 bridgehead atoms. The van der Waals surface area contributed by atoms with E-state index < -0.39 is 0 Å². The van der Waals surface area contributed by atoms with E-state index in [1.54, 1.807) is 0 Å². The summed E-state index contributed by atoms with van der Waals surface area (Å²) < 4.78 is 0. The first-order valence-corrected chi connectivity index (χ1v) is 4.91. The van der Waals surface area contributed by atoms with E-state index >= 15 is 0 Å². The Morgan fingerprint density at radius 2 is 2.29 bits per heavy atom. The van der Waals surface area contributed by atoms with Crippen LogP contribution in [0, 0.1) is 0 Å². The Balaban J connectivity index is 2.76. The molecule has 0 spiro atoms. The van der Waals surface area contributed by atoms with E-state index in [1.165, 1.54) is 0 Å². The van der Waals surface area contributed by atoms with Crippen LogP contribution in [0.25, 0.3) is 0 Å². The zero-order valence-corrected chi connectivity index (χ0v) is 8.88. The first-order valence-electron chi connectivity index (χ1n) is 4.53. The van der Waals surface area contributed by atoms with Gasteiger partial charge in [0.1, 0.15) is 0 Å². The molecule has 0 aliphatic heterocycles. The number of hydrogen-bond donors (Lipinski definition) is 3. The lowest BCUT2D eigenvalue weighted by Crippen LogP contribution is -2.19. The summed E-state index contributed by atoms with van der Waals surface area (Å²) in [5, 5.41) is 12.6. The minimum absolute atomic E-state index is 0.0230. The molecule has 14 heavy (non-hydrogen) atoms. The Bertz CT molecular complexity index is 304. The Kier molecular flexibility index (Phi) is 4.20. The number of anilines is 1. The SMILES string of the molecule is CC(CO)Nc1ccc(CN)c(Cl)c1. The van der Waals surface area contributed by atoms with Gasteiger partial charge >= 0.3 is 0 Å². The molecule has 4 heteroatoms. The molecule has 0 radical (unpaired) electrons. The van der Waals surface area contributed by atoms with E-state index in [0.717, 1.165) is 11.3 Å². The normalized spacial score (nSPS) is 12.6. The van der Waals surface area contributed by atoms with Crippen LogP contribution >= 0.6 is 11.6 Å². The number of aliphatic hydroxyl groups is 1. The minimum Gasteiger partial charge on any atom is -0.394 e. The van der Waals surface area contributed by atoms with Gasteiger partial charge in [0, 0.05) is 23.3 Å². The second-order valence-electron chi connectivity index (χ2n) is 3.24. The van der Waals surface area contributed by atoms with Crippen LogP contribution in [-0.4, -0.2) is 17.8 Å². The smallest absolute Gasteiger partial charge is 0.0630 e. The third kappa shape index (κ3) is 2.87. The zero-order valence-electron chi connectivity index (χ0n) is 8.13. The number of nitrogens with two attached hydrogens (primary N) is 1. The van der Waals surface area contributed by atoms with Crippen LogP contribution < -0.4 is 11.1 Å². The summed E-state index contributed by atoms with van der Waals surface area (Å²) in [6, 6.07) is 5.63. The Morgan fingerprint density at radius 1 is 1.57 bits per heavy atom. The highest BCUT2D eigenvalue weighted by Crippen LogP contribution is 2.20. The first-order chi connectivity index (χ1) is 6.67. The van der Waals surface area contributed by atoms with E-state index in [-0.39, 0.29) is 12.6 Å². The molecule has 0 saturated carbocycles. The number of rotatable bonds is 4. The highest BCUT2D eigenvalue weighted by Gasteiger charge is 2.02. The molecule has 0 fully saturated rings. The van der Waals surface area contributed by atoms with Crippen molar-refractivity contribution in [3.63, 3.8) is 0 Å². The fourth-order valence-corrected chi connectivity index (χ4v) is 1.39. The predicted molar refractivity (Wildman–Crippen MR) is 59.5 cm³/mol. The van der Waals surface area contributed by atoms with Gasteiger partial charge in [-0.2, -0.15) is 0 Å². The molecule has 0 aromatic heterocycles. The summed E-state index contributed by atoms with van der Waals surface area (Å²) in [6.07, 6.45) is 0. The molecule has 1 aromatic carbocycles. The second kappa shape index (κ2) is 5.20. The van der Waals surface area contributed by atoms with Gasteiger partial charge in [0.25, 0.3) is 0 Å². The number of benzene rings is 1. The second-order valence-corrected chi connectivity index (χ2v) is 3.65. The molecular formula is C10H15ClN2O. The zero-order chi connectivity index (χ0) is 10.6. The molecule has 0 saturated heterocycles. The van der Waals surface area contributed by atoms with Gasteiger partial charge in [-0.3, -0.25) is 0 Å². The fourth-order valence-electron chi connectivity index (χ4n) is 1.13. The predicted octanol–water partition coefficient (Wildman–Crippen LogP) is 1.59. The molecule has 1 unspecified atom stereocenters. The van der Waals surface area contributed by atoms with E-state index in [2.05, 4.69) is 5.32 Å². The van der Waals surface area contributed by atoms with Crippen LogP contribution in [-0.2, 0) is 6.54 Å². The average molecular weight is 215 g/mol. The third-order valence-corrected chi connectivity index (χ3v) is 2.31. The molecule has 0 aliphatic rings. The lowest BCUT2D eigenvalue weighted by molar-refractivity contribution is 0.281. The average Bonchev–Trinajstić information content (AvgIpc) is 2.18. The highest BCUT2D eigenvalue weighted by molar-refractivity contribution is 6.31. The highest BCUT2D eigenvalue weighted by atomic mass is 35.5. The summed E-state index contributed by atoms with van der Waals surface area (Å²) in [5.41, 5.74) is 7.31. The molecule has 1 rings (SSSR count). The van der Waals surface area contributed by atoms with Crippen molar-refractivity contribution in [3.05, 3.63) is 28.8 Å². The molecule has 3 nitrogen and oxygen atoms in total. The van der Waals surface area contributed by atoms with Gasteiger partial charge in [-0.25, -0.2) is 0 Å². The van der Waals surface area contributed by atoms with Crippen molar-refractivity contribution in [2.45, 2.75) is 19.5 Å². The molecule has 0 aliphatic carbocycles. The quantitative estimate of drug-likeness (QED) is 0.714. The van der Waals surface area contributed by atoms with Crippen LogP contribution in [0.5, 0.6) is 0 Å². The van der Waals surface area contributed by atoms with E-state index in [4.69, 9.17) is 22.4 Å². The summed E-state index contributed by atoms with van der Waals surface area (Å²) in [4.78, 5) is 0. The lowest BCUT2D eigenvalue weighted by Gasteiger charge is -2.13. The molecule has 0 amide bonds. The standard InChI is InChI=1S/C10H15ClN2O/c1-7(6-14)13-9-3-2-8(5-12)10(11)4-9/h2-4,7,13-14H,5-6,12H2,1H3. The maximum absolute atomic E-state index is 8.85. The summed E-state index contributed by atoms with van der Waals surface area (Å²) in [6.45, 7) is 2.43. The van der Waals surface area contributed by atoms with Crippen molar-refractivity contribution in [1.82, 2.24) is 0 Å². The van der Waals surface area contributed by atoms with Gasteiger partial charge in [0.2, 0.25) is 0 Å². The van der Waals surface area contributed by atoms with E-state index in [9.17, 15) is 0 Å². The molecule has 1 aromatic rings. The van der Waals surface area contributed by atoms with Crippen LogP contribution in [0.2, 0.25) is 5.02 Å². The topological polar surface area (TPSA) is 58.3 Å². The molecular weight excluding hydrogens is 200 g/mol. The molecule has 4 N–H and O–H groups in total. The van der Waals surface area contributed by atoms with Crippen molar-refractivity contribution in [2.24, 2.45) is 5.73 Å². The van der Waals surface area contributed by atoms with Crippen LogP contribution in [0.4, 0.5) is 5.69 Å². The molecule has 78 valence electrons. The lowest BCUT2D eigenvalue weighted by atomic mass is 10.2. The molecule has 1 atom stereocenters. The van der Waals surface area contributed by atoms with E-state index in [0.29, 0.717) is 11.6 Å². The van der Waals surface area contributed by atoms with E-state index in [1.807, 2.05) is 25.1 Å². The number of halogens is 1. The number of aliphatic hydroxyl groups excluding tert-OH is 1. The van der Waals surface area contributed by atoms with Gasteiger partial charge in [0.05, 0.1) is 6.61 Å². The number of hydrogen-bond acceptors (Lipinski definition) is 3. The van der Waals surface area contributed by atoms with Crippen molar-refractivity contribution < 1.29 is 5.11 Å². The van der Waals surface area contributed by atoms with Gasteiger partial charge < -0.3 is 16.2 Å². The van der Waals surface area contributed by atoms with Crippen molar-refractivity contribution >= 4 is 17.3 Å². The fraction of sp³-hybridized carbons (Fsp3) is 0.400. The maximum Gasteiger partial charge on any atom is 0.0630 e. The summed E-state index contributed by atoms with van der Waals surface area (Å²) in [5.74, 6) is 0. The van der Waals surface area contributed by atoms with Gasteiger partial charge in [-0.1, -0.05) is 17.7 Å². The minimum atomic E-state index is 0.0230. The third-order valence-electron chi connectivity index (χ3n) is 1.96. The first kappa shape index (κ1) is 11.3. The van der Waals surface area contributed by atoms with Gasteiger partial charge in [-0.15, -0.1) is 0 Å². The summed E-state index contributed by atoms with van der Waals surface area (Å²) in [7, 11) is 0. The van der Waals surface area contributed by atoms with Crippen LogP contribution in [0.1, 0.15) is 12.5 Å². The van der Waals surface area contributed by atoms with Gasteiger partial charge in [-0.05, 0) is 24.6 Å². The monoisotopic (exact) mass is 214 g/mol.